The number of aryl methyl sites for hydroxylation is 1. The topological polar surface area (TPSA) is 48.1 Å². The van der Waals surface area contributed by atoms with E-state index in [0.717, 1.165) is 24.3 Å². The monoisotopic (exact) mass is 240 g/mol. The lowest BCUT2D eigenvalue weighted by molar-refractivity contribution is 0.301. The van der Waals surface area contributed by atoms with Crippen molar-refractivity contribution in [2.45, 2.75) is 25.5 Å². The van der Waals surface area contributed by atoms with Crippen molar-refractivity contribution in [1.82, 2.24) is 4.98 Å². The maximum absolute atomic E-state index is 6.01. The number of nitrogens with zero attached hydrogens (tertiary/aromatic N) is 1. The highest BCUT2D eigenvalue weighted by Crippen LogP contribution is 2.31. The minimum Gasteiger partial charge on any atom is -0.487 e. The van der Waals surface area contributed by atoms with Crippen LogP contribution in [0.3, 0.4) is 0 Å². The predicted octanol–water partition coefficient (Wildman–Crippen LogP) is 2.61. The SMILES string of the molecule is NC1CCc2cc(OCc3ccccn3)ccc21. The molecule has 1 atom stereocenters. The van der Waals surface area contributed by atoms with Gasteiger partial charge in [-0.15, -0.1) is 0 Å². The van der Waals surface area contributed by atoms with Gasteiger partial charge in [-0.2, -0.15) is 0 Å². The first kappa shape index (κ1) is 11.2. The van der Waals surface area contributed by atoms with E-state index in [1.165, 1.54) is 11.1 Å². The average molecular weight is 240 g/mol. The summed E-state index contributed by atoms with van der Waals surface area (Å²) >= 11 is 0. The summed E-state index contributed by atoms with van der Waals surface area (Å²) in [7, 11) is 0. The number of hydrogen-bond acceptors (Lipinski definition) is 3. The molecule has 3 heteroatoms. The summed E-state index contributed by atoms with van der Waals surface area (Å²) in [5, 5.41) is 0. The van der Waals surface area contributed by atoms with Gasteiger partial charge in [-0.25, -0.2) is 0 Å². The zero-order chi connectivity index (χ0) is 12.4. The fourth-order valence-corrected chi connectivity index (χ4v) is 2.36. The molecule has 1 heterocycles. The van der Waals surface area contributed by atoms with E-state index in [-0.39, 0.29) is 6.04 Å². The Hall–Kier alpha value is -1.87. The van der Waals surface area contributed by atoms with Crippen LogP contribution in [0.2, 0.25) is 0 Å². The van der Waals surface area contributed by atoms with Gasteiger partial charge >= 0.3 is 0 Å². The Morgan fingerprint density at radius 3 is 3.06 bits per heavy atom. The largest absolute Gasteiger partial charge is 0.487 e. The third-order valence-corrected chi connectivity index (χ3v) is 3.35. The second-order valence-corrected chi connectivity index (χ2v) is 4.62. The number of benzene rings is 1. The van der Waals surface area contributed by atoms with Gasteiger partial charge in [0.05, 0.1) is 5.69 Å². The van der Waals surface area contributed by atoms with Crippen LogP contribution in [0.5, 0.6) is 5.75 Å². The number of ether oxygens (including phenoxy) is 1. The first-order valence-electron chi connectivity index (χ1n) is 6.24. The molecule has 0 amide bonds. The number of fused-ring (bicyclic) bond motifs is 1. The Morgan fingerprint density at radius 1 is 1.28 bits per heavy atom. The summed E-state index contributed by atoms with van der Waals surface area (Å²) in [6.45, 7) is 0.506. The molecule has 1 aromatic heterocycles. The second kappa shape index (κ2) is 4.78. The van der Waals surface area contributed by atoms with Crippen LogP contribution >= 0.6 is 0 Å². The van der Waals surface area contributed by atoms with Gasteiger partial charge in [-0.05, 0) is 48.2 Å². The first-order valence-corrected chi connectivity index (χ1v) is 6.24. The van der Waals surface area contributed by atoms with Crippen molar-refractivity contribution in [3.63, 3.8) is 0 Å². The van der Waals surface area contributed by atoms with Crippen LogP contribution in [0.4, 0.5) is 0 Å². The Labute approximate surface area is 107 Å². The van der Waals surface area contributed by atoms with E-state index < -0.39 is 0 Å². The van der Waals surface area contributed by atoms with Crippen LogP contribution in [0.1, 0.15) is 29.3 Å². The second-order valence-electron chi connectivity index (χ2n) is 4.62. The maximum Gasteiger partial charge on any atom is 0.130 e. The molecule has 1 aliphatic carbocycles. The van der Waals surface area contributed by atoms with Crippen LogP contribution in [0, 0.1) is 0 Å². The van der Waals surface area contributed by atoms with E-state index in [1.807, 2.05) is 24.3 Å². The van der Waals surface area contributed by atoms with E-state index >= 15 is 0 Å². The van der Waals surface area contributed by atoms with Gasteiger partial charge in [-0.3, -0.25) is 4.98 Å². The highest BCUT2D eigenvalue weighted by Gasteiger charge is 2.18. The van der Waals surface area contributed by atoms with Crippen molar-refractivity contribution in [3.05, 3.63) is 59.4 Å². The quantitative estimate of drug-likeness (QED) is 0.897. The lowest BCUT2D eigenvalue weighted by atomic mass is 10.1. The van der Waals surface area contributed by atoms with Gasteiger partial charge in [0.2, 0.25) is 0 Å². The minimum atomic E-state index is 0.199. The zero-order valence-corrected chi connectivity index (χ0v) is 10.2. The number of rotatable bonds is 3. The Kier molecular flexibility index (Phi) is 2.99. The average Bonchev–Trinajstić information content (AvgIpc) is 2.79. The minimum absolute atomic E-state index is 0.199. The smallest absolute Gasteiger partial charge is 0.130 e. The van der Waals surface area contributed by atoms with Crippen molar-refractivity contribution < 1.29 is 4.74 Å². The Balaban J connectivity index is 1.71. The molecule has 0 radical (unpaired) electrons. The fraction of sp³-hybridized carbons (Fsp3) is 0.267. The van der Waals surface area contributed by atoms with Gasteiger partial charge in [-0.1, -0.05) is 12.1 Å². The molecule has 0 aliphatic heterocycles. The van der Waals surface area contributed by atoms with E-state index in [0.29, 0.717) is 6.61 Å². The molecule has 2 N–H and O–H groups in total. The van der Waals surface area contributed by atoms with Crippen molar-refractivity contribution in [3.8, 4) is 5.75 Å². The molecule has 0 fully saturated rings. The van der Waals surface area contributed by atoms with Crippen LogP contribution in [-0.2, 0) is 13.0 Å². The third kappa shape index (κ3) is 2.22. The summed E-state index contributed by atoms with van der Waals surface area (Å²) in [5.74, 6) is 0.897. The highest BCUT2D eigenvalue weighted by molar-refractivity contribution is 5.40. The van der Waals surface area contributed by atoms with E-state index in [2.05, 4.69) is 17.1 Å². The van der Waals surface area contributed by atoms with Gasteiger partial charge in [0.15, 0.2) is 0 Å². The molecule has 0 saturated heterocycles. The van der Waals surface area contributed by atoms with Crippen molar-refractivity contribution in [2.24, 2.45) is 5.73 Å². The number of nitrogens with two attached hydrogens (primary N) is 1. The molecular weight excluding hydrogens is 224 g/mol. The maximum atomic E-state index is 6.01. The molecular formula is C15H16N2O. The molecule has 1 aliphatic rings. The van der Waals surface area contributed by atoms with Crippen molar-refractivity contribution in [1.29, 1.82) is 0 Å². The third-order valence-electron chi connectivity index (χ3n) is 3.35. The number of aromatic nitrogens is 1. The van der Waals surface area contributed by atoms with Crippen molar-refractivity contribution >= 4 is 0 Å². The van der Waals surface area contributed by atoms with Gasteiger partial charge in [0.25, 0.3) is 0 Å². The summed E-state index contributed by atoms with van der Waals surface area (Å²) in [6, 6.07) is 12.2. The van der Waals surface area contributed by atoms with Crippen LogP contribution in [-0.4, -0.2) is 4.98 Å². The fourth-order valence-electron chi connectivity index (χ4n) is 2.36. The Morgan fingerprint density at radius 2 is 2.22 bits per heavy atom. The molecule has 0 saturated carbocycles. The molecule has 18 heavy (non-hydrogen) atoms. The normalized spacial score (nSPS) is 17.5. The molecule has 1 aromatic carbocycles. The molecule has 0 spiro atoms. The summed E-state index contributed by atoms with van der Waals surface area (Å²) in [6.07, 6.45) is 3.87. The van der Waals surface area contributed by atoms with Crippen LogP contribution in [0.15, 0.2) is 42.6 Å². The van der Waals surface area contributed by atoms with Crippen LogP contribution < -0.4 is 10.5 Å². The van der Waals surface area contributed by atoms with E-state index in [1.54, 1.807) is 6.20 Å². The van der Waals surface area contributed by atoms with Crippen LogP contribution in [0.25, 0.3) is 0 Å². The van der Waals surface area contributed by atoms with E-state index in [9.17, 15) is 0 Å². The van der Waals surface area contributed by atoms with Gasteiger partial charge < -0.3 is 10.5 Å². The standard InChI is InChI=1S/C15H16N2O/c16-15-7-4-11-9-13(5-6-14(11)15)18-10-12-3-1-2-8-17-12/h1-3,5-6,8-9,15H,4,7,10,16H2. The number of pyridine rings is 1. The lowest BCUT2D eigenvalue weighted by Gasteiger charge is -2.09. The predicted molar refractivity (Wildman–Crippen MR) is 70.3 cm³/mol. The highest BCUT2D eigenvalue weighted by atomic mass is 16.5. The molecule has 92 valence electrons. The van der Waals surface area contributed by atoms with Gasteiger partial charge in [0, 0.05) is 12.2 Å². The molecule has 3 rings (SSSR count). The molecule has 1 unspecified atom stereocenters. The van der Waals surface area contributed by atoms with Crippen molar-refractivity contribution in [2.75, 3.05) is 0 Å². The van der Waals surface area contributed by atoms with E-state index in [4.69, 9.17) is 10.5 Å². The summed E-state index contributed by atoms with van der Waals surface area (Å²) in [5.41, 5.74) is 9.53. The zero-order valence-electron chi connectivity index (χ0n) is 10.2. The van der Waals surface area contributed by atoms with Gasteiger partial charge in [0.1, 0.15) is 12.4 Å². The first-order chi connectivity index (χ1) is 8.83. The molecule has 3 nitrogen and oxygen atoms in total. The molecule has 2 aromatic rings. The summed E-state index contributed by atoms with van der Waals surface area (Å²) in [4.78, 5) is 4.23. The lowest BCUT2D eigenvalue weighted by Crippen LogP contribution is -2.05. The Bertz CT molecular complexity index is 539. The summed E-state index contributed by atoms with van der Waals surface area (Å²) < 4.78 is 5.75. The number of hydrogen-bond donors (Lipinski definition) is 1. The molecule has 0 bridgehead atoms.